The number of fused-ring (bicyclic) bond motifs is 5. The van der Waals surface area contributed by atoms with Gasteiger partial charge < -0.3 is 5.11 Å². The Morgan fingerprint density at radius 1 is 1.11 bits per heavy atom. The molecule has 6 heteroatoms. The van der Waals surface area contributed by atoms with Crippen molar-refractivity contribution in [3.63, 3.8) is 0 Å². The van der Waals surface area contributed by atoms with Gasteiger partial charge in [0, 0.05) is 5.41 Å². The van der Waals surface area contributed by atoms with Gasteiger partial charge >= 0.3 is 0 Å². The molecule has 0 bridgehead atoms. The Bertz CT molecular complexity index is 1170. The fourth-order valence-corrected chi connectivity index (χ4v) is 9.23. The molecule has 0 saturated heterocycles. The fourth-order valence-electron chi connectivity index (χ4n) is 8.23. The van der Waals surface area contributed by atoms with Gasteiger partial charge in [-0.15, -0.1) is 0 Å². The van der Waals surface area contributed by atoms with E-state index in [-0.39, 0.29) is 40.0 Å². The summed E-state index contributed by atoms with van der Waals surface area (Å²) >= 11 is 0. The van der Waals surface area contributed by atoms with Crippen LogP contribution >= 0.6 is 0 Å². The Hall–Kier alpha value is -1.76. The highest BCUT2D eigenvalue weighted by molar-refractivity contribution is 7.86. The quantitative estimate of drug-likeness (QED) is 0.562. The molecule has 4 aliphatic carbocycles. The Labute approximate surface area is 209 Å². The molecule has 3 fully saturated rings. The van der Waals surface area contributed by atoms with E-state index in [4.69, 9.17) is 4.18 Å². The molecule has 8 atom stereocenters. The molecule has 0 aliphatic heterocycles. The lowest BCUT2D eigenvalue weighted by molar-refractivity contribution is -0.113. The van der Waals surface area contributed by atoms with Crippen LogP contribution in [0.15, 0.2) is 53.0 Å². The first-order valence-corrected chi connectivity index (χ1v) is 14.4. The van der Waals surface area contributed by atoms with Gasteiger partial charge in [-0.1, -0.05) is 50.1 Å². The second-order valence-electron chi connectivity index (χ2n) is 12.0. The summed E-state index contributed by atoms with van der Waals surface area (Å²) in [7, 11) is -3.79. The average Bonchev–Trinajstić information content (AvgIpc) is 3.16. The van der Waals surface area contributed by atoms with Crippen LogP contribution in [0.3, 0.4) is 0 Å². The van der Waals surface area contributed by atoms with E-state index in [9.17, 15) is 18.3 Å². The van der Waals surface area contributed by atoms with Crippen LogP contribution in [0.25, 0.3) is 0 Å². The first-order valence-electron chi connectivity index (χ1n) is 13.0. The molecule has 0 spiro atoms. The lowest BCUT2D eigenvalue weighted by atomic mass is 9.46. The molecule has 4 aliphatic rings. The number of aliphatic hydroxyl groups is 1. The van der Waals surface area contributed by atoms with Gasteiger partial charge in [0.2, 0.25) is 0 Å². The third-order valence-electron chi connectivity index (χ3n) is 10.1. The maximum Gasteiger partial charge on any atom is 0.296 e. The van der Waals surface area contributed by atoms with Gasteiger partial charge in [-0.2, -0.15) is 8.42 Å². The van der Waals surface area contributed by atoms with E-state index < -0.39 is 16.2 Å². The minimum atomic E-state index is -3.79. The minimum absolute atomic E-state index is 0.0270. The predicted octanol–water partition coefficient (Wildman–Crippen LogP) is 5.23. The zero-order chi connectivity index (χ0) is 25.2. The van der Waals surface area contributed by atoms with Gasteiger partial charge in [0.15, 0.2) is 5.78 Å². The number of aryl methyl sites for hydroxylation is 1. The van der Waals surface area contributed by atoms with Crippen LogP contribution in [0.5, 0.6) is 0 Å². The molecule has 1 aromatic carbocycles. The lowest BCUT2D eigenvalue weighted by Gasteiger charge is -2.58. The highest BCUT2D eigenvalue weighted by Gasteiger charge is 2.61. The molecule has 0 unspecified atom stereocenters. The molecule has 5 nitrogen and oxygen atoms in total. The maximum absolute atomic E-state index is 12.8. The van der Waals surface area contributed by atoms with Gasteiger partial charge in [0.25, 0.3) is 10.1 Å². The molecule has 3 saturated carbocycles. The first kappa shape index (κ1) is 24.9. The van der Waals surface area contributed by atoms with Crippen LogP contribution in [0.4, 0.5) is 0 Å². The van der Waals surface area contributed by atoms with Crippen LogP contribution in [-0.4, -0.2) is 32.0 Å². The van der Waals surface area contributed by atoms with Crippen LogP contribution < -0.4 is 0 Å². The highest BCUT2D eigenvalue weighted by Crippen LogP contribution is 2.66. The Morgan fingerprint density at radius 3 is 2.54 bits per heavy atom. The Balaban J connectivity index is 1.32. The molecule has 5 rings (SSSR count). The SMILES string of the molecule is Cc1ccc(S(=O)(=O)OC[C@@H](C)[C@H]2CC[C@H]3[C@@H]4[C@H](O)CC5=CC(=O)C=C[C@]5(C)[C@H]4CC[C@]23C)cc1. The van der Waals surface area contributed by atoms with Gasteiger partial charge in [-0.05, 0) is 98.3 Å². The molecule has 0 aromatic heterocycles. The predicted molar refractivity (Wildman–Crippen MR) is 135 cm³/mol. The number of ketones is 1. The average molecular weight is 499 g/mol. The first-order chi connectivity index (χ1) is 16.5. The molecule has 0 radical (unpaired) electrons. The Morgan fingerprint density at radius 2 is 1.83 bits per heavy atom. The van der Waals surface area contributed by atoms with Crippen molar-refractivity contribution in [2.45, 2.75) is 70.8 Å². The van der Waals surface area contributed by atoms with E-state index in [0.29, 0.717) is 24.2 Å². The van der Waals surface area contributed by atoms with E-state index in [1.807, 2.05) is 6.92 Å². The molecule has 1 aromatic rings. The third-order valence-corrected chi connectivity index (χ3v) is 11.4. The molecular weight excluding hydrogens is 460 g/mol. The zero-order valence-corrected chi connectivity index (χ0v) is 22.1. The summed E-state index contributed by atoms with van der Waals surface area (Å²) in [6.45, 7) is 8.82. The highest BCUT2D eigenvalue weighted by atomic mass is 32.2. The summed E-state index contributed by atoms with van der Waals surface area (Å²) in [6, 6.07) is 6.78. The van der Waals surface area contributed by atoms with Crippen LogP contribution in [0, 0.1) is 47.3 Å². The van der Waals surface area contributed by atoms with Crippen molar-refractivity contribution in [3.8, 4) is 0 Å². The number of aliphatic hydroxyl groups excluding tert-OH is 1. The van der Waals surface area contributed by atoms with Crippen LogP contribution in [-0.2, 0) is 19.1 Å². The number of carbonyl (C=O) groups is 1. The normalized spacial score (nSPS) is 39.4. The van der Waals surface area contributed by atoms with Crippen molar-refractivity contribution in [3.05, 3.63) is 53.6 Å². The van der Waals surface area contributed by atoms with Crippen LogP contribution in [0.2, 0.25) is 0 Å². The standard InChI is InChI=1S/C29H38O5S/c1-18-5-7-22(8-6-18)35(32,33)34-17-19(2)23-9-10-24-27-25(12-14-29(23,24)4)28(3)13-11-21(30)15-20(28)16-26(27)31/h5-8,11,13,15,19,23-27,31H,9-10,12,14,16-17H2,1-4H3/t19-,23-,24+,25+,26-,27+,28+,29-/m1/s1. The number of benzene rings is 1. The molecule has 190 valence electrons. The molecular formula is C29H38O5S. The van der Waals surface area contributed by atoms with Crippen molar-refractivity contribution in [1.29, 1.82) is 0 Å². The van der Waals surface area contributed by atoms with E-state index >= 15 is 0 Å². The molecule has 0 amide bonds. The summed E-state index contributed by atoms with van der Waals surface area (Å²) in [5, 5.41) is 11.3. The largest absolute Gasteiger partial charge is 0.392 e. The second kappa shape index (κ2) is 8.67. The molecule has 35 heavy (non-hydrogen) atoms. The summed E-state index contributed by atoms with van der Waals surface area (Å²) in [5.74, 6) is 1.39. The monoisotopic (exact) mass is 498 g/mol. The molecule has 1 N–H and O–H groups in total. The van der Waals surface area contributed by atoms with Crippen molar-refractivity contribution in [1.82, 2.24) is 0 Å². The number of allylic oxidation sites excluding steroid dienone is 3. The molecule has 0 heterocycles. The number of hydrogen-bond acceptors (Lipinski definition) is 5. The third kappa shape index (κ3) is 4.06. The lowest BCUT2D eigenvalue weighted by Crippen LogP contribution is -2.55. The second-order valence-corrected chi connectivity index (χ2v) is 13.6. The summed E-state index contributed by atoms with van der Waals surface area (Å²) in [6.07, 6.45) is 9.81. The number of hydrogen-bond donors (Lipinski definition) is 1. The van der Waals surface area contributed by atoms with E-state index in [2.05, 4.69) is 26.8 Å². The van der Waals surface area contributed by atoms with Crippen molar-refractivity contribution >= 4 is 15.9 Å². The Kier molecular flexibility index (Phi) is 6.17. The topological polar surface area (TPSA) is 80.7 Å². The summed E-state index contributed by atoms with van der Waals surface area (Å²) in [5.41, 5.74) is 1.98. The zero-order valence-electron chi connectivity index (χ0n) is 21.2. The van der Waals surface area contributed by atoms with Gasteiger partial charge in [0.1, 0.15) is 0 Å². The van der Waals surface area contributed by atoms with Crippen molar-refractivity contribution < 1.29 is 22.5 Å². The van der Waals surface area contributed by atoms with E-state index in [1.165, 1.54) is 0 Å². The van der Waals surface area contributed by atoms with Gasteiger partial charge in [-0.25, -0.2) is 0 Å². The number of rotatable bonds is 5. The number of carbonyl (C=O) groups excluding carboxylic acids is 1. The van der Waals surface area contributed by atoms with Crippen molar-refractivity contribution in [2.24, 2.45) is 40.4 Å². The minimum Gasteiger partial charge on any atom is -0.392 e. The van der Waals surface area contributed by atoms with Gasteiger partial charge in [0.05, 0.1) is 17.6 Å². The smallest absolute Gasteiger partial charge is 0.296 e. The summed E-state index contributed by atoms with van der Waals surface area (Å²) in [4.78, 5) is 12.2. The van der Waals surface area contributed by atoms with Gasteiger partial charge in [-0.3, -0.25) is 8.98 Å². The van der Waals surface area contributed by atoms with Crippen molar-refractivity contribution in [2.75, 3.05) is 6.61 Å². The van der Waals surface area contributed by atoms with Crippen LogP contribution in [0.1, 0.15) is 58.4 Å². The summed E-state index contributed by atoms with van der Waals surface area (Å²) < 4.78 is 31.1. The van der Waals surface area contributed by atoms with E-state index in [0.717, 1.165) is 36.8 Å². The van der Waals surface area contributed by atoms with E-state index in [1.54, 1.807) is 36.4 Å². The maximum atomic E-state index is 12.8. The fraction of sp³-hybridized carbons (Fsp3) is 0.621.